The third kappa shape index (κ3) is 3.84. The molecule has 0 amide bonds. The first-order chi connectivity index (χ1) is 10.0. The molecule has 2 rings (SSSR count). The van der Waals surface area contributed by atoms with E-state index in [1.165, 1.54) is 17.4 Å². The minimum atomic E-state index is -0.134. The van der Waals surface area contributed by atoms with Crippen LogP contribution in [0.5, 0.6) is 5.88 Å². The third-order valence-corrected chi connectivity index (χ3v) is 3.51. The highest BCUT2D eigenvalue weighted by Gasteiger charge is 2.12. The van der Waals surface area contributed by atoms with Crippen molar-refractivity contribution in [3.8, 4) is 17.1 Å². The number of aromatic nitrogens is 2. The summed E-state index contributed by atoms with van der Waals surface area (Å²) in [5, 5.41) is 11.9. The van der Waals surface area contributed by atoms with Gasteiger partial charge in [-0.1, -0.05) is 27.5 Å². The van der Waals surface area contributed by atoms with E-state index in [9.17, 15) is 5.11 Å². The lowest BCUT2D eigenvalue weighted by atomic mass is 10.1. The minimum Gasteiger partial charge on any atom is -0.493 e. The lowest BCUT2D eigenvalue weighted by Crippen LogP contribution is -2.26. The van der Waals surface area contributed by atoms with Gasteiger partial charge in [0.05, 0.1) is 11.4 Å². The SMILES string of the molecule is N/C(=C\N(N)c1ccc(Cl)cc1-c1cc(O)ncn1)CBr. The number of hydrogen-bond donors (Lipinski definition) is 3. The van der Waals surface area contributed by atoms with E-state index in [1.54, 1.807) is 24.4 Å². The summed E-state index contributed by atoms with van der Waals surface area (Å²) in [4.78, 5) is 7.77. The molecule has 0 atom stereocenters. The van der Waals surface area contributed by atoms with E-state index in [4.69, 9.17) is 23.2 Å². The molecular weight excluding hydrogens is 358 g/mol. The maximum atomic E-state index is 9.49. The van der Waals surface area contributed by atoms with Gasteiger partial charge in [0.15, 0.2) is 0 Å². The van der Waals surface area contributed by atoms with Crippen LogP contribution < -0.4 is 16.6 Å². The summed E-state index contributed by atoms with van der Waals surface area (Å²) in [6.45, 7) is 0. The number of nitrogens with zero attached hydrogens (tertiary/aromatic N) is 3. The molecule has 0 unspecified atom stereocenters. The molecule has 0 spiro atoms. The fraction of sp³-hybridized carbons (Fsp3) is 0.0769. The second kappa shape index (κ2) is 6.75. The molecule has 2 aromatic rings. The summed E-state index contributed by atoms with van der Waals surface area (Å²) in [7, 11) is 0. The van der Waals surface area contributed by atoms with Gasteiger partial charge in [0, 0.05) is 33.9 Å². The largest absolute Gasteiger partial charge is 0.493 e. The topological polar surface area (TPSA) is 101 Å². The molecule has 0 saturated carbocycles. The van der Waals surface area contributed by atoms with Crippen LogP contribution in [0.3, 0.4) is 0 Å². The van der Waals surface area contributed by atoms with E-state index in [2.05, 4.69) is 25.9 Å². The van der Waals surface area contributed by atoms with Gasteiger partial charge in [-0.3, -0.25) is 5.01 Å². The summed E-state index contributed by atoms with van der Waals surface area (Å²) >= 11 is 9.28. The van der Waals surface area contributed by atoms with Crippen molar-refractivity contribution in [3.05, 3.63) is 47.5 Å². The number of nitrogens with two attached hydrogens (primary N) is 2. The van der Waals surface area contributed by atoms with Crippen LogP contribution in [0.1, 0.15) is 0 Å². The Kier molecular flexibility index (Phi) is 5.00. The summed E-state index contributed by atoms with van der Waals surface area (Å²) in [6, 6.07) is 6.59. The van der Waals surface area contributed by atoms with E-state index in [0.717, 1.165) is 0 Å². The number of rotatable bonds is 4. The Hall–Kier alpha value is -1.83. The Morgan fingerprint density at radius 3 is 2.81 bits per heavy atom. The molecule has 6 nitrogen and oxygen atoms in total. The van der Waals surface area contributed by atoms with Crippen molar-refractivity contribution in [1.82, 2.24) is 9.97 Å². The first kappa shape index (κ1) is 15.6. The van der Waals surface area contributed by atoms with E-state index < -0.39 is 0 Å². The average Bonchev–Trinajstić information content (AvgIpc) is 2.46. The number of halogens is 2. The van der Waals surface area contributed by atoms with E-state index in [0.29, 0.717) is 33.0 Å². The first-order valence-electron chi connectivity index (χ1n) is 5.88. The number of hydrogen-bond acceptors (Lipinski definition) is 6. The summed E-state index contributed by atoms with van der Waals surface area (Å²) in [5.41, 5.74) is 8.11. The van der Waals surface area contributed by atoms with Crippen LogP contribution in [0.4, 0.5) is 5.69 Å². The normalized spacial score (nSPS) is 11.5. The Balaban J connectivity index is 2.52. The van der Waals surface area contributed by atoms with Gasteiger partial charge in [0.2, 0.25) is 5.88 Å². The monoisotopic (exact) mass is 369 g/mol. The van der Waals surface area contributed by atoms with E-state index in [-0.39, 0.29) is 5.88 Å². The number of allylic oxidation sites excluding steroid dienone is 1. The van der Waals surface area contributed by atoms with Gasteiger partial charge in [-0.15, -0.1) is 0 Å². The van der Waals surface area contributed by atoms with Gasteiger partial charge in [-0.25, -0.2) is 15.8 Å². The molecule has 1 heterocycles. The van der Waals surface area contributed by atoms with E-state index >= 15 is 0 Å². The van der Waals surface area contributed by atoms with Crippen LogP contribution >= 0.6 is 27.5 Å². The van der Waals surface area contributed by atoms with Crippen molar-refractivity contribution in [2.45, 2.75) is 0 Å². The number of alkyl halides is 1. The van der Waals surface area contributed by atoms with Gasteiger partial charge in [-0.2, -0.15) is 0 Å². The molecule has 0 radical (unpaired) electrons. The molecule has 110 valence electrons. The van der Waals surface area contributed by atoms with Gasteiger partial charge in [0.25, 0.3) is 0 Å². The van der Waals surface area contributed by atoms with Crippen LogP contribution in [-0.2, 0) is 0 Å². The predicted octanol–water partition coefficient (Wildman–Crippen LogP) is 2.38. The van der Waals surface area contributed by atoms with Crippen LogP contribution in [0.25, 0.3) is 11.3 Å². The second-order valence-electron chi connectivity index (χ2n) is 4.17. The lowest BCUT2D eigenvalue weighted by Gasteiger charge is -2.19. The molecule has 5 N–H and O–H groups in total. The third-order valence-electron chi connectivity index (χ3n) is 2.62. The van der Waals surface area contributed by atoms with Crippen molar-refractivity contribution < 1.29 is 5.11 Å². The highest BCUT2D eigenvalue weighted by molar-refractivity contribution is 9.09. The molecule has 21 heavy (non-hydrogen) atoms. The van der Waals surface area contributed by atoms with Gasteiger partial charge >= 0.3 is 0 Å². The highest BCUT2D eigenvalue weighted by atomic mass is 79.9. The Bertz CT molecular complexity index is 679. The minimum absolute atomic E-state index is 0.134. The molecule has 0 aliphatic rings. The maximum Gasteiger partial charge on any atom is 0.214 e. The van der Waals surface area contributed by atoms with Gasteiger partial charge in [-0.05, 0) is 18.2 Å². The lowest BCUT2D eigenvalue weighted by molar-refractivity contribution is 0.452. The smallest absolute Gasteiger partial charge is 0.214 e. The molecule has 0 aliphatic heterocycles. The molecule has 8 heteroatoms. The average molecular weight is 371 g/mol. The fourth-order valence-corrected chi connectivity index (χ4v) is 2.03. The second-order valence-corrected chi connectivity index (χ2v) is 5.17. The van der Waals surface area contributed by atoms with Crippen LogP contribution in [0.2, 0.25) is 5.02 Å². The van der Waals surface area contributed by atoms with Crippen molar-refractivity contribution in [2.24, 2.45) is 11.6 Å². The van der Waals surface area contributed by atoms with Crippen LogP contribution in [0.15, 0.2) is 42.5 Å². The molecule has 1 aromatic heterocycles. The number of anilines is 1. The highest BCUT2D eigenvalue weighted by Crippen LogP contribution is 2.32. The van der Waals surface area contributed by atoms with Crippen molar-refractivity contribution >= 4 is 33.2 Å². The Morgan fingerprint density at radius 2 is 2.14 bits per heavy atom. The van der Waals surface area contributed by atoms with Crippen molar-refractivity contribution in [3.63, 3.8) is 0 Å². The summed E-state index contributed by atoms with van der Waals surface area (Å²) in [6.07, 6.45) is 2.85. The Labute approximate surface area is 135 Å². The Morgan fingerprint density at radius 1 is 1.38 bits per heavy atom. The number of aromatic hydroxyl groups is 1. The molecule has 0 saturated heterocycles. The zero-order valence-electron chi connectivity index (χ0n) is 10.9. The molecule has 0 bridgehead atoms. The van der Waals surface area contributed by atoms with Crippen molar-refractivity contribution in [1.29, 1.82) is 0 Å². The first-order valence-corrected chi connectivity index (χ1v) is 7.38. The molecule has 0 aliphatic carbocycles. The fourth-order valence-electron chi connectivity index (χ4n) is 1.72. The predicted molar refractivity (Wildman–Crippen MR) is 86.9 cm³/mol. The zero-order chi connectivity index (χ0) is 15.4. The molecule has 1 aromatic carbocycles. The van der Waals surface area contributed by atoms with E-state index in [1.807, 2.05) is 0 Å². The zero-order valence-corrected chi connectivity index (χ0v) is 13.2. The number of hydrazine groups is 1. The summed E-state index contributed by atoms with van der Waals surface area (Å²) < 4.78 is 0. The van der Waals surface area contributed by atoms with Gasteiger partial charge in [0.1, 0.15) is 6.33 Å². The molecule has 0 fully saturated rings. The van der Waals surface area contributed by atoms with Gasteiger partial charge < -0.3 is 10.8 Å². The number of benzene rings is 1. The van der Waals surface area contributed by atoms with Crippen LogP contribution in [-0.4, -0.2) is 20.4 Å². The maximum absolute atomic E-state index is 9.49. The summed E-state index contributed by atoms with van der Waals surface area (Å²) in [5.74, 6) is 5.87. The molecular formula is C13H13BrClN5O. The van der Waals surface area contributed by atoms with Crippen molar-refractivity contribution in [2.75, 3.05) is 10.3 Å². The standard InChI is InChI=1S/C13H13BrClN5O/c14-5-9(16)6-20(17)12-2-1-8(15)3-10(12)11-4-13(21)19-7-18-11/h1-4,6-7H,5,16-17H2,(H,18,19,21)/b9-6-. The quantitative estimate of drug-likeness (QED) is 0.434. The van der Waals surface area contributed by atoms with Crippen LogP contribution in [0, 0.1) is 0 Å².